The normalized spacial score (nSPS) is 9.86. The Balaban J connectivity index is 0.000000442. The molecule has 160 valence electrons. The van der Waals surface area contributed by atoms with E-state index in [0.29, 0.717) is 24.2 Å². The first-order valence-electron chi connectivity index (χ1n) is 8.00. The van der Waals surface area contributed by atoms with Crippen molar-refractivity contribution in [2.24, 2.45) is 11.5 Å². The lowest BCUT2D eigenvalue weighted by molar-refractivity contribution is 0.0592. The number of rotatable bonds is 4. The molecule has 0 aliphatic rings. The van der Waals surface area contributed by atoms with E-state index < -0.39 is 10.4 Å². The van der Waals surface area contributed by atoms with Gasteiger partial charge in [-0.15, -0.1) is 0 Å². The lowest BCUT2D eigenvalue weighted by Crippen LogP contribution is -2.02. The predicted octanol–water partition coefficient (Wildman–Crippen LogP) is 1.21. The number of benzene rings is 2. The molecule has 0 saturated carbocycles. The zero-order valence-corrected chi connectivity index (χ0v) is 16.8. The molecule has 0 radical (unpaired) electrons. The van der Waals surface area contributed by atoms with Crippen LogP contribution >= 0.6 is 0 Å². The first-order valence-corrected chi connectivity index (χ1v) is 9.39. The molecular formula is C18H24N2O8S. The van der Waals surface area contributed by atoms with Crippen LogP contribution in [-0.4, -0.2) is 43.7 Å². The van der Waals surface area contributed by atoms with Gasteiger partial charge in [0.25, 0.3) is 0 Å². The fourth-order valence-electron chi connectivity index (χ4n) is 1.79. The van der Waals surface area contributed by atoms with Crippen LogP contribution in [0.2, 0.25) is 0 Å². The van der Waals surface area contributed by atoms with Gasteiger partial charge in [0.1, 0.15) is 0 Å². The molecule has 0 aliphatic carbocycles. The SMILES string of the molecule is COC(=O)c1ccc(CN)cc1.COC(=O)c1ccc(CN)cc1.O=S(=O)(O)O. The molecule has 2 aromatic rings. The van der Waals surface area contributed by atoms with Crippen molar-refractivity contribution < 1.29 is 36.6 Å². The van der Waals surface area contributed by atoms with Crippen LogP contribution in [0.5, 0.6) is 0 Å². The van der Waals surface area contributed by atoms with Crippen molar-refractivity contribution in [3.05, 3.63) is 70.8 Å². The van der Waals surface area contributed by atoms with E-state index in [0.717, 1.165) is 11.1 Å². The van der Waals surface area contributed by atoms with Gasteiger partial charge in [-0.05, 0) is 35.4 Å². The van der Waals surface area contributed by atoms with Crippen LogP contribution in [-0.2, 0) is 33.0 Å². The van der Waals surface area contributed by atoms with Crippen molar-refractivity contribution in [2.45, 2.75) is 13.1 Å². The number of esters is 2. The van der Waals surface area contributed by atoms with Crippen molar-refractivity contribution in [3.8, 4) is 0 Å². The highest BCUT2D eigenvalue weighted by atomic mass is 32.3. The van der Waals surface area contributed by atoms with E-state index in [1.54, 1.807) is 24.3 Å². The molecule has 0 amide bonds. The van der Waals surface area contributed by atoms with Crippen LogP contribution < -0.4 is 11.5 Å². The van der Waals surface area contributed by atoms with Crippen LogP contribution in [0.3, 0.4) is 0 Å². The largest absolute Gasteiger partial charge is 0.465 e. The number of ether oxygens (including phenoxy) is 2. The van der Waals surface area contributed by atoms with Crippen molar-refractivity contribution in [2.75, 3.05) is 14.2 Å². The lowest BCUT2D eigenvalue weighted by Gasteiger charge is -1.99. The number of carbonyl (C=O) groups excluding carboxylic acids is 2. The Morgan fingerprint density at radius 1 is 0.759 bits per heavy atom. The van der Waals surface area contributed by atoms with Crippen LogP contribution in [0, 0.1) is 0 Å². The molecule has 2 rings (SSSR count). The van der Waals surface area contributed by atoms with Crippen molar-refractivity contribution >= 4 is 22.3 Å². The topological polar surface area (TPSA) is 179 Å². The second-order valence-corrected chi connectivity index (χ2v) is 6.13. The summed E-state index contributed by atoms with van der Waals surface area (Å²) in [5, 5.41) is 0. The Labute approximate surface area is 169 Å². The smallest absolute Gasteiger partial charge is 0.394 e. The van der Waals surface area contributed by atoms with E-state index in [4.69, 9.17) is 29.0 Å². The Morgan fingerprint density at radius 3 is 1.17 bits per heavy atom. The summed E-state index contributed by atoms with van der Waals surface area (Å²) in [6.45, 7) is 0.975. The van der Waals surface area contributed by atoms with Gasteiger partial charge in [0, 0.05) is 13.1 Å². The van der Waals surface area contributed by atoms with Gasteiger partial charge in [0.2, 0.25) is 0 Å². The van der Waals surface area contributed by atoms with Gasteiger partial charge in [0.05, 0.1) is 25.3 Å². The molecule has 0 atom stereocenters. The maximum atomic E-state index is 11.0. The van der Waals surface area contributed by atoms with Gasteiger partial charge in [-0.2, -0.15) is 8.42 Å². The summed E-state index contributed by atoms with van der Waals surface area (Å²) in [7, 11) is -1.95. The Hall–Kier alpha value is -2.83. The molecule has 0 unspecified atom stereocenters. The summed E-state index contributed by atoms with van der Waals surface area (Å²) in [6, 6.07) is 14.1. The molecule has 0 bridgehead atoms. The summed E-state index contributed by atoms with van der Waals surface area (Å²) in [5.74, 6) is -0.642. The van der Waals surface area contributed by atoms with Crippen LogP contribution in [0.25, 0.3) is 0 Å². The molecule has 0 heterocycles. The summed E-state index contributed by atoms with van der Waals surface area (Å²) in [5.41, 5.74) is 13.9. The number of hydrogen-bond donors (Lipinski definition) is 4. The first-order chi connectivity index (χ1) is 13.5. The number of hydrogen-bond acceptors (Lipinski definition) is 8. The number of carbonyl (C=O) groups is 2. The predicted molar refractivity (Wildman–Crippen MR) is 106 cm³/mol. The monoisotopic (exact) mass is 428 g/mol. The minimum absolute atomic E-state index is 0.321. The average Bonchev–Trinajstić information content (AvgIpc) is 2.72. The Kier molecular flexibility index (Phi) is 12.1. The highest BCUT2D eigenvalue weighted by molar-refractivity contribution is 7.79. The van der Waals surface area contributed by atoms with Crippen molar-refractivity contribution in [1.29, 1.82) is 0 Å². The third-order valence-corrected chi connectivity index (χ3v) is 3.22. The summed E-state index contributed by atoms with van der Waals surface area (Å²) in [6.07, 6.45) is 0. The van der Waals surface area contributed by atoms with Crippen molar-refractivity contribution in [3.63, 3.8) is 0 Å². The van der Waals surface area contributed by atoms with Crippen LogP contribution in [0.1, 0.15) is 31.8 Å². The maximum Gasteiger partial charge on any atom is 0.394 e. The van der Waals surface area contributed by atoms with Gasteiger partial charge < -0.3 is 20.9 Å². The van der Waals surface area contributed by atoms with Crippen LogP contribution in [0.15, 0.2) is 48.5 Å². The highest BCUT2D eigenvalue weighted by Gasteiger charge is 2.03. The molecule has 29 heavy (non-hydrogen) atoms. The van der Waals surface area contributed by atoms with Gasteiger partial charge in [-0.1, -0.05) is 24.3 Å². The minimum Gasteiger partial charge on any atom is -0.465 e. The van der Waals surface area contributed by atoms with Crippen LogP contribution in [0.4, 0.5) is 0 Å². The molecule has 0 aliphatic heterocycles. The zero-order valence-electron chi connectivity index (χ0n) is 15.9. The summed E-state index contributed by atoms with van der Waals surface area (Å²) >= 11 is 0. The summed E-state index contributed by atoms with van der Waals surface area (Å²) < 4.78 is 40.7. The molecule has 10 nitrogen and oxygen atoms in total. The molecule has 0 spiro atoms. The van der Waals surface area contributed by atoms with Gasteiger partial charge in [0.15, 0.2) is 0 Å². The van der Waals surface area contributed by atoms with E-state index in [1.807, 2.05) is 24.3 Å². The molecule has 2 aromatic carbocycles. The Morgan fingerprint density at radius 2 is 1.00 bits per heavy atom. The Bertz CT molecular complexity index is 798. The van der Waals surface area contributed by atoms with E-state index in [1.165, 1.54) is 14.2 Å². The van der Waals surface area contributed by atoms with Gasteiger partial charge >= 0.3 is 22.3 Å². The fourth-order valence-corrected chi connectivity index (χ4v) is 1.79. The first kappa shape index (κ1) is 26.2. The quantitative estimate of drug-likeness (QED) is 0.408. The molecule has 0 saturated heterocycles. The maximum absolute atomic E-state index is 11.0. The fraction of sp³-hybridized carbons (Fsp3) is 0.222. The van der Waals surface area contributed by atoms with Gasteiger partial charge in [-0.25, -0.2) is 9.59 Å². The van der Waals surface area contributed by atoms with E-state index >= 15 is 0 Å². The average molecular weight is 428 g/mol. The number of methoxy groups -OCH3 is 2. The molecule has 11 heteroatoms. The minimum atomic E-state index is -4.67. The van der Waals surface area contributed by atoms with E-state index in [-0.39, 0.29) is 11.9 Å². The third kappa shape index (κ3) is 12.3. The second kappa shape index (κ2) is 13.4. The molecule has 6 N–H and O–H groups in total. The second-order valence-electron chi connectivity index (χ2n) is 5.23. The summed E-state index contributed by atoms with van der Waals surface area (Å²) in [4.78, 5) is 21.9. The molecule has 0 aromatic heterocycles. The molecule has 0 fully saturated rings. The standard InChI is InChI=1S/2C9H11NO2.H2O4S/c2*1-12-9(11)8-4-2-7(6-10)3-5-8;1-5(2,3)4/h2*2-5H,6,10H2,1H3;(H2,1,2,3,4). The zero-order chi connectivity index (χ0) is 22.4. The molecular weight excluding hydrogens is 404 g/mol. The van der Waals surface area contributed by atoms with E-state index in [9.17, 15) is 9.59 Å². The van der Waals surface area contributed by atoms with E-state index in [2.05, 4.69) is 9.47 Å². The number of nitrogens with two attached hydrogens (primary N) is 2. The van der Waals surface area contributed by atoms with Gasteiger partial charge in [-0.3, -0.25) is 9.11 Å². The third-order valence-electron chi connectivity index (χ3n) is 3.22. The highest BCUT2D eigenvalue weighted by Crippen LogP contribution is 2.05. The van der Waals surface area contributed by atoms with Crippen molar-refractivity contribution in [1.82, 2.24) is 0 Å². The lowest BCUT2D eigenvalue weighted by atomic mass is 10.1.